The summed E-state index contributed by atoms with van der Waals surface area (Å²) < 4.78 is 21.9. The molecular formula is C8H5Cl2N3O2S. The van der Waals surface area contributed by atoms with Gasteiger partial charge in [-0.05, 0) is 12.1 Å². The summed E-state index contributed by atoms with van der Waals surface area (Å²) in [5.41, 5.74) is 0.534. The van der Waals surface area contributed by atoms with Crippen LogP contribution >= 0.6 is 22.3 Å². The zero-order valence-corrected chi connectivity index (χ0v) is 10.0. The average molecular weight is 278 g/mol. The Bertz CT molecular complexity index is 624. The molecule has 0 unspecified atom stereocenters. The van der Waals surface area contributed by atoms with Gasteiger partial charge in [0.1, 0.15) is 0 Å². The maximum absolute atomic E-state index is 11.0. The van der Waals surface area contributed by atoms with Crippen LogP contribution in [0.15, 0.2) is 29.4 Å². The number of halogens is 2. The van der Waals surface area contributed by atoms with Crippen LogP contribution in [-0.2, 0) is 9.05 Å². The topological polar surface area (TPSA) is 75.7 Å². The van der Waals surface area contributed by atoms with Gasteiger partial charge in [-0.3, -0.25) is 0 Å². The van der Waals surface area contributed by atoms with Gasteiger partial charge in [0.15, 0.2) is 5.82 Å². The summed E-state index contributed by atoms with van der Waals surface area (Å²) in [6.07, 6.45) is 0. The lowest BCUT2D eigenvalue weighted by Gasteiger charge is -1.96. The molecule has 0 aliphatic carbocycles. The normalized spacial score (nSPS) is 11.6. The van der Waals surface area contributed by atoms with E-state index in [1.165, 1.54) is 0 Å². The van der Waals surface area contributed by atoms with Gasteiger partial charge in [0, 0.05) is 16.2 Å². The maximum atomic E-state index is 11.0. The van der Waals surface area contributed by atoms with Crippen LogP contribution in [0.4, 0.5) is 0 Å². The van der Waals surface area contributed by atoms with E-state index in [4.69, 9.17) is 22.3 Å². The fraction of sp³-hybridized carbons (Fsp3) is 0. The molecule has 84 valence electrons. The Morgan fingerprint density at radius 1 is 1.25 bits per heavy atom. The molecular weight excluding hydrogens is 273 g/mol. The number of aromatic nitrogens is 3. The van der Waals surface area contributed by atoms with Crippen LogP contribution in [0.1, 0.15) is 0 Å². The number of H-pyrrole nitrogens is 1. The van der Waals surface area contributed by atoms with Crippen LogP contribution in [0.5, 0.6) is 0 Å². The molecule has 0 saturated carbocycles. The molecule has 16 heavy (non-hydrogen) atoms. The number of aromatic amines is 1. The number of hydrogen-bond acceptors (Lipinski definition) is 4. The summed E-state index contributed by atoms with van der Waals surface area (Å²) in [5, 5.41) is 5.99. The number of nitrogens with one attached hydrogen (secondary N) is 1. The molecule has 2 rings (SSSR count). The molecule has 1 heterocycles. The van der Waals surface area contributed by atoms with Gasteiger partial charge in [-0.25, -0.2) is 13.5 Å². The molecule has 0 radical (unpaired) electrons. The first kappa shape index (κ1) is 11.4. The first-order chi connectivity index (χ1) is 7.48. The average Bonchev–Trinajstić information content (AvgIpc) is 2.66. The lowest BCUT2D eigenvalue weighted by Crippen LogP contribution is -1.92. The Morgan fingerprint density at radius 2 is 1.94 bits per heavy atom. The molecule has 0 saturated heterocycles. The first-order valence-electron chi connectivity index (χ1n) is 4.10. The molecule has 0 fully saturated rings. The second-order valence-electron chi connectivity index (χ2n) is 2.88. The van der Waals surface area contributed by atoms with Crippen LogP contribution in [0.25, 0.3) is 11.4 Å². The van der Waals surface area contributed by atoms with Gasteiger partial charge in [-0.2, -0.15) is 10.1 Å². The molecule has 8 heteroatoms. The van der Waals surface area contributed by atoms with Crippen molar-refractivity contribution in [2.45, 2.75) is 5.16 Å². The SMILES string of the molecule is O=S(=O)(Cl)c1nc(-c2ccccc2Cl)n[nH]1. The molecule has 0 aliphatic rings. The lowest BCUT2D eigenvalue weighted by atomic mass is 10.2. The van der Waals surface area contributed by atoms with Gasteiger partial charge in [0.2, 0.25) is 0 Å². The highest BCUT2D eigenvalue weighted by Crippen LogP contribution is 2.25. The molecule has 0 aliphatic heterocycles. The van der Waals surface area contributed by atoms with Crippen molar-refractivity contribution in [2.75, 3.05) is 0 Å². The smallest absolute Gasteiger partial charge is 0.248 e. The molecule has 0 spiro atoms. The molecule has 2 aromatic rings. The fourth-order valence-corrected chi connectivity index (χ4v) is 1.90. The second kappa shape index (κ2) is 4.04. The molecule has 1 aromatic heterocycles. The zero-order chi connectivity index (χ0) is 11.8. The highest BCUT2D eigenvalue weighted by molar-refractivity contribution is 8.13. The highest BCUT2D eigenvalue weighted by Gasteiger charge is 2.17. The van der Waals surface area contributed by atoms with Crippen LogP contribution in [0.3, 0.4) is 0 Å². The van der Waals surface area contributed by atoms with E-state index in [9.17, 15) is 8.42 Å². The minimum Gasteiger partial charge on any atom is -0.248 e. The number of hydrogen-bond donors (Lipinski definition) is 1. The predicted molar refractivity (Wildman–Crippen MR) is 59.9 cm³/mol. The van der Waals surface area contributed by atoms with Crippen LogP contribution in [0, 0.1) is 0 Å². The van der Waals surface area contributed by atoms with E-state index in [2.05, 4.69) is 15.2 Å². The van der Waals surface area contributed by atoms with E-state index in [0.29, 0.717) is 10.6 Å². The largest absolute Gasteiger partial charge is 0.296 e. The van der Waals surface area contributed by atoms with Crippen molar-refractivity contribution in [3.8, 4) is 11.4 Å². The third-order valence-electron chi connectivity index (χ3n) is 1.81. The van der Waals surface area contributed by atoms with Gasteiger partial charge < -0.3 is 0 Å². The van der Waals surface area contributed by atoms with Crippen molar-refractivity contribution in [2.24, 2.45) is 0 Å². The second-order valence-corrected chi connectivity index (χ2v) is 5.77. The minimum atomic E-state index is -3.90. The number of nitrogens with zero attached hydrogens (tertiary/aromatic N) is 2. The quantitative estimate of drug-likeness (QED) is 0.853. The van der Waals surface area contributed by atoms with Gasteiger partial charge >= 0.3 is 0 Å². The molecule has 0 atom stereocenters. The van der Waals surface area contributed by atoms with Crippen molar-refractivity contribution in [1.82, 2.24) is 15.2 Å². The van der Waals surface area contributed by atoms with Gasteiger partial charge in [0.25, 0.3) is 14.2 Å². The molecule has 5 nitrogen and oxygen atoms in total. The molecule has 0 amide bonds. The van der Waals surface area contributed by atoms with Crippen LogP contribution in [0.2, 0.25) is 5.02 Å². The first-order valence-corrected chi connectivity index (χ1v) is 6.79. The van der Waals surface area contributed by atoms with E-state index in [1.807, 2.05) is 0 Å². The summed E-state index contributed by atoms with van der Waals surface area (Å²) in [5.74, 6) is 0.185. The number of rotatable bonds is 2. The Kier molecular flexibility index (Phi) is 2.88. The predicted octanol–water partition coefficient (Wildman–Crippen LogP) is 2.05. The van der Waals surface area contributed by atoms with E-state index in [1.54, 1.807) is 24.3 Å². The van der Waals surface area contributed by atoms with E-state index >= 15 is 0 Å². The summed E-state index contributed by atoms with van der Waals surface area (Å²) in [6, 6.07) is 6.82. The van der Waals surface area contributed by atoms with Gasteiger partial charge in [-0.15, -0.1) is 0 Å². The Hall–Kier alpha value is -1.11. The number of benzene rings is 1. The third-order valence-corrected chi connectivity index (χ3v) is 3.22. The van der Waals surface area contributed by atoms with Gasteiger partial charge in [0.05, 0.1) is 5.02 Å². The van der Waals surface area contributed by atoms with Crippen molar-refractivity contribution < 1.29 is 8.42 Å². The summed E-state index contributed by atoms with van der Waals surface area (Å²) in [6.45, 7) is 0. The lowest BCUT2D eigenvalue weighted by molar-refractivity contribution is 0.602. The molecule has 1 N–H and O–H groups in total. The maximum Gasteiger partial charge on any atom is 0.296 e. The van der Waals surface area contributed by atoms with Crippen molar-refractivity contribution in [3.63, 3.8) is 0 Å². The van der Waals surface area contributed by atoms with E-state index < -0.39 is 14.2 Å². The van der Waals surface area contributed by atoms with Crippen LogP contribution < -0.4 is 0 Å². The van der Waals surface area contributed by atoms with Crippen molar-refractivity contribution in [3.05, 3.63) is 29.3 Å². The van der Waals surface area contributed by atoms with Crippen LogP contribution in [-0.4, -0.2) is 23.6 Å². The zero-order valence-electron chi connectivity index (χ0n) is 7.68. The fourth-order valence-electron chi connectivity index (χ4n) is 1.12. The molecule has 0 bridgehead atoms. The highest BCUT2D eigenvalue weighted by atomic mass is 35.7. The Morgan fingerprint density at radius 3 is 2.50 bits per heavy atom. The van der Waals surface area contributed by atoms with E-state index in [-0.39, 0.29) is 5.82 Å². The molecule has 1 aromatic carbocycles. The standard InChI is InChI=1S/C8H5Cl2N3O2S/c9-6-4-2-1-3-5(6)7-11-8(13-12-7)16(10,14)15/h1-4H,(H,11,12,13). The summed E-state index contributed by atoms with van der Waals surface area (Å²) >= 11 is 5.91. The summed E-state index contributed by atoms with van der Waals surface area (Å²) in [7, 11) is 1.20. The third kappa shape index (κ3) is 2.18. The van der Waals surface area contributed by atoms with E-state index in [0.717, 1.165) is 0 Å². The monoisotopic (exact) mass is 277 g/mol. The summed E-state index contributed by atoms with van der Waals surface area (Å²) in [4.78, 5) is 3.74. The Balaban J connectivity index is 2.52. The Labute approximate surface area is 101 Å². The van der Waals surface area contributed by atoms with Crippen molar-refractivity contribution in [1.29, 1.82) is 0 Å². The van der Waals surface area contributed by atoms with Crippen molar-refractivity contribution >= 4 is 31.3 Å². The minimum absolute atomic E-state index is 0.185. The van der Waals surface area contributed by atoms with Gasteiger partial charge in [-0.1, -0.05) is 23.7 Å².